The molecule has 0 radical (unpaired) electrons. The lowest BCUT2D eigenvalue weighted by Gasteiger charge is -2.50. The zero-order valence-corrected chi connectivity index (χ0v) is 19.2. The summed E-state index contributed by atoms with van der Waals surface area (Å²) in [6.45, 7) is -0.770. The number of nitrogens with one attached hydrogen (secondary N) is 2. The quantitative estimate of drug-likeness (QED) is 0.712. The van der Waals surface area contributed by atoms with Gasteiger partial charge < -0.3 is 9.80 Å². The highest BCUT2D eigenvalue weighted by Crippen LogP contribution is 2.47. The molecule has 1 amide bonds. The number of hydrazine groups is 1. The molecule has 4 aliphatic rings. The Morgan fingerprint density at radius 1 is 1.18 bits per heavy atom. The molecule has 5 unspecified atom stereocenters. The number of pyridine rings is 1. The number of piperidine rings is 1. The maximum atomic E-state index is 13.5. The lowest BCUT2D eigenvalue weighted by atomic mass is 9.67. The van der Waals surface area contributed by atoms with Crippen LogP contribution >= 0.6 is 0 Å². The first-order chi connectivity index (χ1) is 15.8. The highest BCUT2D eigenvalue weighted by molar-refractivity contribution is 5.82. The first-order valence-electron chi connectivity index (χ1n) is 12.4. The minimum Gasteiger partial charge on any atom is -0.356 e. The molecule has 1 aromatic heterocycles. The molecule has 2 N–H and O–H groups in total. The van der Waals surface area contributed by atoms with E-state index in [-0.39, 0.29) is 23.8 Å². The third-order valence-electron chi connectivity index (χ3n) is 8.42. The molecule has 9 heteroatoms. The van der Waals surface area contributed by atoms with Gasteiger partial charge in [-0.1, -0.05) is 25.3 Å². The molecule has 33 heavy (non-hydrogen) atoms. The monoisotopic (exact) mass is 465 g/mol. The van der Waals surface area contributed by atoms with Gasteiger partial charge in [0.2, 0.25) is 5.91 Å². The van der Waals surface area contributed by atoms with Crippen molar-refractivity contribution >= 4 is 11.7 Å². The Kier molecular flexibility index (Phi) is 6.29. The number of likely N-dealkylation sites (tertiary alicyclic amines) is 1. The summed E-state index contributed by atoms with van der Waals surface area (Å²) in [5, 5.41) is 0. The third kappa shape index (κ3) is 4.46. The Bertz CT molecular complexity index is 859. The van der Waals surface area contributed by atoms with Crippen LogP contribution < -0.4 is 15.8 Å². The maximum absolute atomic E-state index is 13.5. The molecule has 2 aliphatic heterocycles. The van der Waals surface area contributed by atoms with E-state index >= 15 is 0 Å². The van der Waals surface area contributed by atoms with E-state index < -0.39 is 24.7 Å². The van der Waals surface area contributed by atoms with Gasteiger partial charge in [-0.3, -0.25) is 15.6 Å². The Labute approximate surface area is 193 Å². The predicted octanol–water partition coefficient (Wildman–Crippen LogP) is 3.60. The van der Waals surface area contributed by atoms with E-state index in [1.807, 2.05) is 12.3 Å². The van der Waals surface area contributed by atoms with Crippen molar-refractivity contribution in [3.63, 3.8) is 0 Å². The Morgan fingerprint density at radius 3 is 2.73 bits per heavy atom. The van der Waals surface area contributed by atoms with Crippen LogP contribution in [-0.2, 0) is 4.79 Å². The van der Waals surface area contributed by atoms with E-state index in [9.17, 15) is 18.0 Å². The van der Waals surface area contributed by atoms with Crippen LogP contribution in [0.2, 0.25) is 0 Å². The largest absolute Gasteiger partial charge is 0.406 e. The fourth-order valence-electron chi connectivity index (χ4n) is 6.82. The summed E-state index contributed by atoms with van der Waals surface area (Å²) in [6.07, 6.45) is 5.68. The van der Waals surface area contributed by atoms with Crippen molar-refractivity contribution in [1.82, 2.24) is 20.7 Å². The van der Waals surface area contributed by atoms with Gasteiger partial charge in [-0.15, -0.1) is 0 Å². The number of anilines is 1. The Morgan fingerprint density at radius 2 is 1.97 bits per heavy atom. The van der Waals surface area contributed by atoms with E-state index in [0.29, 0.717) is 19.0 Å². The van der Waals surface area contributed by atoms with E-state index in [1.165, 1.54) is 19.3 Å². The predicted molar refractivity (Wildman–Crippen MR) is 120 cm³/mol. The van der Waals surface area contributed by atoms with Gasteiger partial charge in [0.1, 0.15) is 12.4 Å². The van der Waals surface area contributed by atoms with Crippen LogP contribution in [0, 0.1) is 11.8 Å². The minimum absolute atomic E-state index is 0.0255. The molecular formula is C24H34F3N5O. The van der Waals surface area contributed by atoms with Gasteiger partial charge in [0, 0.05) is 37.9 Å². The average Bonchev–Trinajstić information content (AvgIpc) is 3.31. The standard InChI is InChI=1S/C24H34F3N5O/c1-31(16-6-3-2-4-7-16)22-17(8-5-11-28-22)15-9-10-18-20(12-15)32(14-24(25,26)27)23(33)19-13-29-30-21(18)19/h5,8,11,15-16,18-21,29-30H,2-4,6-7,9-10,12-14H2,1H3. The van der Waals surface area contributed by atoms with E-state index in [0.717, 1.165) is 42.0 Å². The number of amides is 1. The molecule has 0 aromatic carbocycles. The van der Waals surface area contributed by atoms with Crippen LogP contribution in [0.15, 0.2) is 18.3 Å². The summed E-state index contributed by atoms with van der Waals surface area (Å²) in [6, 6.07) is 3.96. The SMILES string of the molecule is CN(c1ncccc1C1CCC2C3NNCC3C(=O)N(CC(F)(F)F)C2C1)C1CCCCC1. The van der Waals surface area contributed by atoms with Crippen LogP contribution in [0.1, 0.15) is 62.8 Å². The number of fused-ring (bicyclic) bond motifs is 3. The van der Waals surface area contributed by atoms with Crippen molar-refractivity contribution in [2.45, 2.75) is 81.6 Å². The highest BCUT2D eigenvalue weighted by atomic mass is 19.4. The zero-order valence-electron chi connectivity index (χ0n) is 19.2. The Balaban J connectivity index is 1.42. The number of nitrogens with zero attached hydrogens (tertiary/aromatic N) is 3. The first-order valence-corrected chi connectivity index (χ1v) is 12.4. The summed E-state index contributed by atoms with van der Waals surface area (Å²) in [5.41, 5.74) is 7.33. The lowest BCUT2D eigenvalue weighted by Crippen LogP contribution is -2.63. The smallest absolute Gasteiger partial charge is 0.356 e. The summed E-state index contributed by atoms with van der Waals surface area (Å²) in [5.74, 6) is 0.280. The summed E-state index contributed by atoms with van der Waals surface area (Å²) >= 11 is 0. The molecular weight excluding hydrogens is 431 g/mol. The van der Waals surface area contributed by atoms with Crippen molar-refractivity contribution in [3.8, 4) is 0 Å². The van der Waals surface area contributed by atoms with Gasteiger partial charge in [-0.25, -0.2) is 4.98 Å². The molecule has 2 saturated heterocycles. The van der Waals surface area contributed by atoms with E-state index in [2.05, 4.69) is 28.9 Å². The van der Waals surface area contributed by atoms with E-state index in [4.69, 9.17) is 4.98 Å². The molecule has 5 atom stereocenters. The molecule has 1 aromatic rings. The normalized spacial score (nSPS) is 33.0. The topological polar surface area (TPSA) is 60.5 Å². The zero-order chi connectivity index (χ0) is 23.2. The van der Waals surface area contributed by atoms with Gasteiger partial charge in [0.25, 0.3) is 0 Å². The second kappa shape index (κ2) is 9.06. The van der Waals surface area contributed by atoms with E-state index in [1.54, 1.807) is 0 Å². The van der Waals surface area contributed by atoms with Gasteiger partial charge in [-0.05, 0) is 55.6 Å². The summed E-state index contributed by atoms with van der Waals surface area (Å²) < 4.78 is 40.4. The number of carbonyl (C=O) groups excluding carboxylic acids is 1. The molecule has 2 aliphatic carbocycles. The van der Waals surface area contributed by atoms with Crippen molar-refractivity contribution in [3.05, 3.63) is 23.9 Å². The minimum atomic E-state index is -4.40. The fourth-order valence-corrected chi connectivity index (χ4v) is 6.82. The number of hydrogen-bond acceptors (Lipinski definition) is 5. The number of aromatic nitrogens is 1. The molecule has 3 heterocycles. The molecule has 0 bridgehead atoms. The molecule has 2 saturated carbocycles. The Hall–Kier alpha value is -1.87. The van der Waals surface area contributed by atoms with Gasteiger partial charge in [0.05, 0.1) is 5.92 Å². The summed E-state index contributed by atoms with van der Waals surface area (Å²) in [4.78, 5) is 21.2. The number of carbonyl (C=O) groups is 1. The van der Waals surface area contributed by atoms with Crippen molar-refractivity contribution in [2.75, 3.05) is 25.0 Å². The first kappa shape index (κ1) is 22.9. The van der Waals surface area contributed by atoms with Gasteiger partial charge >= 0.3 is 6.18 Å². The summed E-state index contributed by atoms with van der Waals surface area (Å²) in [7, 11) is 2.10. The highest BCUT2D eigenvalue weighted by Gasteiger charge is 2.54. The molecule has 6 nitrogen and oxygen atoms in total. The number of halogens is 3. The fraction of sp³-hybridized carbons (Fsp3) is 0.750. The van der Waals surface area contributed by atoms with Crippen LogP contribution in [0.3, 0.4) is 0 Å². The number of rotatable bonds is 4. The molecule has 0 spiro atoms. The van der Waals surface area contributed by atoms with Crippen LogP contribution in [0.4, 0.5) is 19.0 Å². The number of hydrogen-bond donors (Lipinski definition) is 2. The van der Waals surface area contributed by atoms with Gasteiger partial charge in [0.15, 0.2) is 0 Å². The van der Waals surface area contributed by atoms with Crippen LogP contribution in [0.25, 0.3) is 0 Å². The molecule has 5 rings (SSSR count). The molecule has 4 fully saturated rings. The number of alkyl halides is 3. The van der Waals surface area contributed by atoms with Crippen LogP contribution in [-0.4, -0.2) is 60.2 Å². The van der Waals surface area contributed by atoms with Gasteiger partial charge in [-0.2, -0.15) is 13.2 Å². The van der Waals surface area contributed by atoms with Crippen molar-refractivity contribution in [1.29, 1.82) is 0 Å². The average molecular weight is 466 g/mol. The second-order valence-electron chi connectivity index (χ2n) is 10.3. The third-order valence-corrected chi connectivity index (χ3v) is 8.42. The lowest BCUT2D eigenvalue weighted by molar-refractivity contribution is -0.178. The van der Waals surface area contributed by atoms with Crippen LogP contribution in [0.5, 0.6) is 0 Å². The maximum Gasteiger partial charge on any atom is 0.406 e. The second-order valence-corrected chi connectivity index (χ2v) is 10.3. The molecule has 182 valence electrons. The van der Waals surface area contributed by atoms with Crippen molar-refractivity contribution < 1.29 is 18.0 Å². The van der Waals surface area contributed by atoms with Crippen molar-refractivity contribution in [2.24, 2.45) is 11.8 Å².